The molecule has 1 aromatic carbocycles. The van der Waals surface area contributed by atoms with Crippen molar-refractivity contribution in [3.63, 3.8) is 0 Å². The molecule has 1 amide bonds. The predicted octanol–water partition coefficient (Wildman–Crippen LogP) is 3.50. The van der Waals surface area contributed by atoms with Crippen LogP contribution in [-0.2, 0) is 14.5 Å². The molecule has 40 heavy (non-hydrogen) atoms. The van der Waals surface area contributed by atoms with E-state index in [4.69, 9.17) is 26.1 Å². The number of imidazole rings is 1. The topological polar surface area (TPSA) is 136 Å². The summed E-state index contributed by atoms with van der Waals surface area (Å²) in [5.74, 6) is 0.702. The number of likely N-dealkylation sites (tertiary alicyclic amines) is 1. The molecule has 2 saturated heterocycles. The van der Waals surface area contributed by atoms with Gasteiger partial charge in [0.25, 0.3) is 0 Å². The van der Waals surface area contributed by atoms with Gasteiger partial charge in [0.2, 0.25) is 0 Å². The number of fused-ring (bicyclic) bond motifs is 1. The number of methoxy groups -OCH3 is 1. The molecular formula is C26H35ClFN7O4S. The number of guanidine groups is 1. The van der Waals surface area contributed by atoms with Crippen molar-refractivity contribution in [2.24, 2.45) is 4.99 Å². The van der Waals surface area contributed by atoms with E-state index in [-0.39, 0.29) is 35.1 Å². The van der Waals surface area contributed by atoms with Crippen LogP contribution in [0.4, 0.5) is 9.18 Å². The number of benzene rings is 1. The fourth-order valence-corrected chi connectivity index (χ4v) is 7.75. The molecule has 0 aliphatic carbocycles. The van der Waals surface area contributed by atoms with Crippen LogP contribution in [0.3, 0.4) is 0 Å². The van der Waals surface area contributed by atoms with Crippen LogP contribution in [0, 0.1) is 10.6 Å². The van der Waals surface area contributed by atoms with Crippen molar-refractivity contribution in [3.05, 3.63) is 40.6 Å². The first-order valence-corrected chi connectivity index (χ1v) is 15.6. The maximum absolute atomic E-state index is 15.7. The van der Waals surface area contributed by atoms with E-state index in [9.17, 15) is 14.1 Å². The average Bonchev–Trinajstić information content (AvgIpc) is 3.52. The second-order valence-corrected chi connectivity index (χ2v) is 13.8. The second kappa shape index (κ2) is 10.8. The molecule has 11 nitrogen and oxygen atoms in total. The van der Waals surface area contributed by atoms with E-state index < -0.39 is 33.7 Å². The zero-order valence-electron chi connectivity index (χ0n) is 22.9. The van der Waals surface area contributed by atoms with E-state index in [0.29, 0.717) is 48.0 Å². The summed E-state index contributed by atoms with van der Waals surface area (Å²) < 4.78 is 42.5. The Hall–Kier alpha value is -2.90. The van der Waals surface area contributed by atoms with Gasteiger partial charge in [-0.1, -0.05) is 11.6 Å². The lowest BCUT2D eigenvalue weighted by atomic mass is 10.0. The number of aliphatic imine (C=N–C) groups is 1. The highest BCUT2D eigenvalue weighted by Crippen LogP contribution is 2.38. The van der Waals surface area contributed by atoms with Crippen molar-refractivity contribution >= 4 is 44.4 Å². The molecule has 3 aliphatic rings. The quantitative estimate of drug-likeness (QED) is 0.492. The Labute approximate surface area is 238 Å². The maximum atomic E-state index is 15.7. The van der Waals surface area contributed by atoms with Gasteiger partial charge in [-0.05, 0) is 44.4 Å². The van der Waals surface area contributed by atoms with E-state index in [1.807, 2.05) is 24.5 Å². The van der Waals surface area contributed by atoms with Crippen LogP contribution in [-0.4, -0.2) is 91.6 Å². The summed E-state index contributed by atoms with van der Waals surface area (Å²) in [5.41, 5.74) is 1.51. The number of carbonyl (C=O) groups excluding carboxylic acids is 1. The normalized spacial score (nSPS) is 30.2. The highest BCUT2D eigenvalue weighted by atomic mass is 35.5. The summed E-state index contributed by atoms with van der Waals surface area (Å²) in [7, 11) is 0.344. The predicted molar refractivity (Wildman–Crippen MR) is 151 cm³/mol. The molecule has 218 valence electrons. The molecule has 2 aromatic rings. The Balaban J connectivity index is 1.50. The summed E-state index contributed by atoms with van der Waals surface area (Å²) in [5, 5.41) is 13.9. The minimum atomic E-state index is -2.79. The number of hydrogen-bond acceptors (Lipinski definition) is 7. The van der Waals surface area contributed by atoms with Crippen molar-refractivity contribution in [2.45, 2.75) is 56.8 Å². The minimum absolute atomic E-state index is 0.0178. The minimum Gasteiger partial charge on any atom is -0.453 e. The number of halogens is 2. The highest BCUT2D eigenvalue weighted by molar-refractivity contribution is 7.92. The van der Waals surface area contributed by atoms with Crippen LogP contribution in [0.25, 0.3) is 11.0 Å². The van der Waals surface area contributed by atoms with Gasteiger partial charge >= 0.3 is 6.09 Å². The van der Waals surface area contributed by atoms with Gasteiger partial charge in [-0.25, -0.2) is 23.4 Å². The number of likely N-dealkylation sites (N-methyl/N-ethyl adjacent to an activating group) is 1. The molecule has 3 N–H and O–H groups in total. The Morgan fingerprint density at radius 2 is 2.12 bits per heavy atom. The molecule has 3 aliphatic heterocycles. The van der Waals surface area contributed by atoms with Crippen LogP contribution in [0.2, 0.25) is 0 Å². The van der Waals surface area contributed by atoms with Gasteiger partial charge in [0, 0.05) is 53.8 Å². The molecule has 2 fully saturated rings. The number of carbonyl (C=O) groups is 1. The number of nitrogens with zero attached hydrogens (tertiary/aromatic N) is 5. The van der Waals surface area contributed by atoms with Gasteiger partial charge in [0.1, 0.15) is 11.3 Å². The third-order valence-electron chi connectivity index (χ3n) is 7.85. The lowest BCUT2D eigenvalue weighted by Crippen LogP contribution is -2.46. The third kappa shape index (κ3) is 5.26. The molecule has 1 aromatic heterocycles. The summed E-state index contributed by atoms with van der Waals surface area (Å²) >= 11 is 6.66. The number of aliphatic hydroxyl groups is 1. The number of hydrogen-bond donors (Lipinski definition) is 3. The Kier molecular flexibility index (Phi) is 7.75. The maximum Gasteiger partial charge on any atom is 0.409 e. The zero-order valence-corrected chi connectivity index (χ0v) is 24.5. The van der Waals surface area contributed by atoms with Crippen LogP contribution in [0.1, 0.15) is 56.1 Å². The van der Waals surface area contributed by atoms with Gasteiger partial charge < -0.3 is 29.5 Å². The van der Waals surface area contributed by atoms with E-state index in [1.54, 1.807) is 23.0 Å². The van der Waals surface area contributed by atoms with Crippen LogP contribution >= 0.6 is 11.6 Å². The van der Waals surface area contributed by atoms with Gasteiger partial charge in [-0.2, -0.15) is 0 Å². The molecular weight excluding hydrogens is 561 g/mol. The van der Waals surface area contributed by atoms with Crippen molar-refractivity contribution < 1.29 is 23.2 Å². The van der Waals surface area contributed by atoms with Gasteiger partial charge in [0.15, 0.2) is 11.8 Å². The SMILES string of the molecule is COC(=O)N1CC[C@@H](c2nc3c(F)cc(C4C(Cl)=CNC(=NC5CCS(=N)(=O)C[C@H]5O)N4C)cc3n2C(C)C)C1. The van der Waals surface area contributed by atoms with Crippen molar-refractivity contribution in [3.8, 4) is 0 Å². The fourth-order valence-electron chi connectivity index (χ4n) is 5.86. The van der Waals surface area contributed by atoms with E-state index >= 15 is 4.39 Å². The van der Waals surface area contributed by atoms with Crippen molar-refractivity contribution in [2.75, 3.05) is 38.8 Å². The van der Waals surface area contributed by atoms with Crippen LogP contribution in [0.5, 0.6) is 0 Å². The molecule has 5 rings (SSSR count). The molecule has 0 saturated carbocycles. The van der Waals surface area contributed by atoms with Crippen LogP contribution in [0.15, 0.2) is 28.4 Å². The van der Waals surface area contributed by atoms with Crippen molar-refractivity contribution in [1.29, 1.82) is 4.78 Å². The summed E-state index contributed by atoms with van der Waals surface area (Å²) in [4.78, 5) is 24.9. The number of rotatable bonds is 4. The standard InChI is InChI=1S/C26H35ClFN7O4S/c1-14(2)35-20-10-16(9-18(28)22(20)32-24(35)15-5-7-34(12-15)26(37)39-4)23-17(27)11-30-25(33(23)3)31-19-6-8-40(29,38)13-21(19)36/h9-11,14-15,19,21,23,29,36H,5-8,12-13H2,1-4H3,(H,30,31)/t15-,19?,21-,23?,40?/m1/s1. The molecule has 4 heterocycles. The van der Waals surface area contributed by atoms with Crippen molar-refractivity contribution in [1.82, 2.24) is 24.7 Å². The Bertz CT molecular complexity index is 1490. The fraction of sp³-hybridized carbons (Fsp3) is 0.577. The number of aliphatic hydroxyl groups excluding tert-OH is 1. The smallest absolute Gasteiger partial charge is 0.409 e. The molecule has 0 bridgehead atoms. The first-order valence-electron chi connectivity index (χ1n) is 13.3. The highest BCUT2D eigenvalue weighted by Gasteiger charge is 2.35. The lowest BCUT2D eigenvalue weighted by molar-refractivity contribution is 0.132. The molecule has 5 atom stereocenters. The second-order valence-electron chi connectivity index (χ2n) is 11.0. The van der Waals surface area contributed by atoms with E-state index in [2.05, 4.69) is 10.3 Å². The lowest BCUT2D eigenvalue weighted by Gasteiger charge is -2.36. The van der Waals surface area contributed by atoms with Crippen LogP contribution < -0.4 is 5.32 Å². The first kappa shape index (κ1) is 28.6. The summed E-state index contributed by atoms with van der Waals surface area (Å²) in [6, 6.07) is 2.24. The summed E-state index contributed by atoms with van der Waals surface area (Å²) in [6.45, 7) is 5.02. The van der Waals surface area contributed by atoms with Gasteiger partial charge in [0.05, 0.1) is 41.6 Å². The summed E-state index contributed by atoms with van der Waals surface area (Å²) in [6.07, 6.45) is 1.26. The van der Waals surface area contributed by atoms with Gasteiger partial charge in [-0.15, -0.1) is 0 Å². The Morgan fingerprint density at radius 1 is 1.38 bits per heavy atom. The number of ether oxygens (including phenoxy) is 1. The van der Waals surface area contributed by atoms with E-state index in [1.165, 1.54) is 13.2 Å². The molecule has 3 unspecified atom stereocenters. The molecule has 0 radical (unpaired) electrons. The number of aromatic nitrogens is 2. The molecule has 0 spiro atoms. The van der Waals surface area contributed by atoms with E-state index in [0.717, 1.165) is 5.82 Å². The van der Waals surface area contributed by atoms with Gasteiger partial charge in [-0.3, -0.25) is 4.78 Å². The molecule has 14 heteroatoms. The number of nitrogens with one attached hydrogen (secondary N) is 2. The first-order chi connectivity index (χ1) is 18.9. The monoisotopic (exact) mass is 595 g/mol. The zero-order chi connectivity index (χ0) is 28.9. The Morgan fingerprint density at radius 3 is 2.80 bits per heavy atom. The largest absolute Gasteiger partial charge is 0.453 e. The number of amides is 1. The average molecular weight is 596 g/mol. The third-order valence-corrected chi connectivity index (χ3v) is 9.94.